The van der Waals surface area contributed by atoms with E-state index in [-0.39, 0.29) is 5.91 Å². The van der Waals surface area contributed by atoms with Crippen molar-refractivity contribution in [3.05, 3.63) is 24.0 Å². The van der Waals surface area contributed by atoms with Gasteiger partial charge in [0.25, 0.3) is 0 Å². The largest absolute Gasteiger partial charge is 0.497 e. The standard InChI is InChI=1S/C13H17FN2O2/c1-18-12-6-10(14)5-11(7-12)16-13(17)4-9-2-3-15-8-9/h5-7,9,15H,2-4,8H2,1H3,(H,16,17). The van der Waals surface area contributed by atoms with Gasteiger partial charge in [0.05, 0.1) is 7.11 Å². The molecule has 1 atom stereocenters. The van der Waals surface area contributed by atoms with Crippen molar-refractivity contribution in [3.63, 3.8) is 0 Å². The highest BCUT2D eigenvalue weighted by molar-refractivity contribution is 5.91. The molecule has 1 heterocycles. The molecule has 2 rings (SSSR count). The van der Waals surface area contributed by atoms with Crippen molar-refractivity contribution in [2.75, 3.05) is 25.5 Å². The highest BCUT2D eigenvalue weighted by atomic mass is 19.1. The molecule has 0 radical (unpaired) electrons. The van der Waals surface area contributed by atoms with E-state index in [2.05, 4.69) is 10.6 Å². The molecule has 1 unspecified atom stereocenters. The molecule has 1 fully saturated rings. The Kier molecular flexibility index (Phi) is 4.15. The number of nitrogens with one attached hydrogen (secondary N) is 2. The van der Waals surface area contributed by atoms with Crippen LogP contribution < -0.4 is 15.4 Å². The summed E-state index contributed by atoms with van der Waals surface area (Å²) in [6.45, 7) is 1.84. The molecule has 1 aromatic carbocycles. The number of carbonyl (C=O) groups is 1. The molecule has 1 aliphatic heterocycles. The van der Waals surface area contributed by atoms with Crippen molar-refractivity contribution >= 4 is 11.6 Å². The van der Waals surface area contributed by atoms with Gasteiger partial charge in [0, 0.05) is 24.2 Å². The van der Waals surface area contributed by atoms with Crippen LogP contribution in [0.3, 0.4) is 0 Å². The van der Waals surface area contributed by atoms with Gasteiger partial charge < -0.3 is 15.4 Å². The van der Waals surface area contributed by atoms with E-state index in [1.54, 1.807) is 6.07 Å². The number of hydrogen-bond donors (Lipinski definition) is 2. The van der Waals surface area contributed by atoms with Gasteiger partial charge in [0.2, 0.25) is 5.91 Å². The van der Waals surface area contributed by atoms with Crippen molar-refractivity contribution in [3.8, 4) is 5.75 Å². The molecule has 18 heavy (non-hydrogen) atoms. The fourth-order valence-electron chi connectivity index (χ4n) is 2.12. The average Bonchev–Trinajstić information content (AvgIpc) is 2.80. The lowest BCUT2D eigenvalue weighted by Gasteiger charge is -2.10. The minimum Gasteiger partial charge on any atom is -0.497 e. The summed E-state index contributed by atoms with van der Waals surface area (Å²) in [5, 5.41) is 5.91. The number of hydrogen-bond acceptors (Lipinski definition) is 3. The molecule has 98 valence electrons. The molecule has 0 saturated carbocycles. The molecule has 5 heteroatoms. The number of rotatable bonds is 4. The number of ether oxygens (including phenoxy) is 1. The predicted molar refractivity (Wildman–Crippen MR) is 67.2 cm³/mol. The van der Waals surface area contributed by atoms with Crippen molar-refractivity contribution < 1.29 is 13.9 Å². The molecule has 1 aromatic rings. The Labute approximate surface area is 106 Å². The van der Waals surface area contributed by atoms with E-state index >= 15 is 0 Å². The van der Waals surface area contributed by atoms with Crippen LogP contribution in [-0.4, -0.2) is 26.1 Å². The van der Waals surface area contributed by atoms with Gasteiger partial charge >= 0.3 is 0 Å². The minimum absolute atomic E-state index is 0.0867. The van der Waals surface area contributed by atoms with E-state index in [4.69, 9.17) is 4.74 Å². The van der Waals surface area contributed by atoms with Gasteiger partial charge in [-0.05, 0) is 31.5 Å². The van der Waals surface area contributed by atoms with Crippen LogP contribution in [0.25, 0.3) is 0 Å². The maximum Gasteiger partial charge on any atom is 0.224 e. The maximum atomic E-state index is 13.2. The Bertz CT molecular complexity index is 431. The summed E-state index contributed by atoms with van der Waals surface area (Å²) < 4.78 is 18.2. The van der Waals surface area contributed by atoms with Crippen LogP contribution in [0.1, 0.15) is 12.8 Å². The van der Waals surface area contributed by atoms with Crippen LogP contribution in [0, 0.1) is 11.7 Å². The molecule has 0 bridgehead atoms. The van der Waals surface area contributed by atoms with Gasteiger partial charge in [-0.15, -0.1) is 0 Å². The predicted octanol–water partition coefficient (Wildman–Crippen LogP) is 1.77. The summed E-state index contributed by atoms with van der Waals surface area (Å²) in [7, 11) is 1.46. The van der Waals surface area contributed by atoms with E-state index in [0.717, 1.165) is 19.5 Å². The molecule has 1 saturated heterocycles. The first-order chi connectivity index (χ1) is 8.67. The van der Waals surface area contributed by atoms with Crippen LogP contribution in [-0.2, 0) is 4.79 Å². The first-order valence-corrected chi connectivity index (χ1v) is 6.02. The van der Waals surface area contributed by atoms with E-state index in [9.17, 15) is 9.18 Å². The van der Waals surface area contributed by atoms with Crippen LogP contribution in [0.15, 0.2) is 18.2 Å². The van der Waals surface area contributed by atoms with E-state index in [1.807, 2.05) is 0 Å². The second-order valence-electron chi connectivity index (χ2n) is 4.49. The lowest BCUT2D eigenvalue weighted by atomic mass is 10.0. The molecule has 0 aliphatic carbocycles. The van der Waals surface area contributed by atoms with Gasteiger partial charge in [-0.1, -0.05) is 0 Å². The average molecular weight is 252 g/mol. The summed E-state index contributed by atoms with van der Waals surface area (Å²) in [6.07, 6.45) is 1.48. The van der Waals surface area contributed by atoms with Crippen molar-refractivity contribution in [1.82, 2.24) is 5.32 Å². The Morgan fingerprint density at radius 3 is 3.06 bits per heavy atom. The third-order valence-electron chi connectivity index (χ3n) is 3.03. The van der Waals surface area contributed by atoms with Gasteiger partial charge in [0.1, 0.15) is 11.6 Å². The second kappa shape index (κ2) is 5.82. The van der Waals surface area contributed by atoms with E-state index in [0.29, 0.717) is 23.8 Å². The lowest BCUT2D eigenvalue weighted by molar-refractivity contribution is -0.116. The summed E-state index contributed by atoms with van der Waals surface area (Å²) in [5.74, 6) is 0.261. The summed E-state index contributed by atoms with van der Waals surface area (Å²) >= 11 is 0. The fraction of sp³-hybridized carbons (Fsp3) is 0.462. The molecule has 4 nitrogen and oxygen atoms in total. The first kappa shape index (κ1) is 12.8. The quantitative estimate of drug-likeness (QED) is 0.858. The van der Waals surface area contributed by atoms with Crippen LogP contribution in [0.4, 0.5) is 10.1 Å². The highest BCUT2D eigenvalue weighted by Crippen LogP contribution is 2.21. The van der Waals surface area contributed by atoms with Crippen LogP contribution in [0.2, 0.25) is 0 Å². The summed E-state index contributed by atoms with van der Waals surface area (Å²) in [4.78, 5) is 11.8. The van der Waals surface area contributed by atoms with Crippen molar-refractivity contribution in [1.29, 1.82) is 0 Å². The normalized spacial score (nSPS) is 18.7. The molecule has 0 aromatic heterocycles. The monoisotopic (exact) mass is 252 g/mol. The first-order valence-electron chi connectivity index (χ1n) is 6.02. The van der Waals surface area contributed by atoms with Gasteiger partial charge in [0.15, 0.2) is 0 Å². The van der Waals surface area contributed by atoms with Crippen molar-refractivity contribution in [2.45, 2.75) is 12.8 Å². The van der Waals surface area contributed by atoms with Crippen LogP contribution in [0.5, 0.6) is 5.75 Å². The topological polar surface area (TPSA) is 50.4 Å². The van der Waals surface area contributed by atoms with E-state index in [1.165, 1.54) is 19.2 Å². The molecule has 0 spiro atoms. The second-order valence-corrected chi connectivity index (χ2v) is 4.49. The zero-order chi connectivity index (χ0) is 13.0. The molecule has 2 N–H and O–H groups in total. The zero-order valence-corrected chi connectivity index (χ0v) is 10.3. The van der Waals surface area contributed by atoms with Crippen LogP contribution >= 0.6 is 0 Å². The van der Waals surface area contributed by atoms with E-state index < -0.39 is 5.82 Å². The van der Waals surface area contributed by atoms with Gasteiger partial charge in [-0.25, -0.2) is 4.39 Å². The SMILES string of the molecule is COc1cc(F)cc(NC(=O)CC2CCNC2)c1. The summed E-state index contributed by atoms with van der Waals surface area (Å²) in [5.41, 5.74) is 0.433. The highest BCUT2D eigenvalue weighted by Gasteiger charge is 2.18. The Morgan fingerprint density at radius 1 is 1.56 bits per heavy atom. The maximum absolute atomic E-state index is 13.2. The molecule has 1 amide bonds. The zero-order valence-electron chi connectivity index (χ0n) is 10.3. The lowest BCUT2D eigenvalue weighted by Crippen LogP contribution is -2.18. The summed E-state index contributed by atoms with van der Waals surface area (Å²) in [6, 6.07) is 4.16. The van der Waals surface area contributed by atoms with Crippen molar-refractivity contribution in [2.24, 2.45) is 5.92 Å². The number of anilines is 1. The third kappa shape index (κ3) is 3.43. The molecular weight excluding hydrogens is 235 g/mol. The fourth-order valence-corrected chi connectivity index (χ4v) is 2.12. The number of benzene rings is 1. The number of amides is 1. The third-order valence-corrected chi connectivity index (χ3v) is 3.03. The number of methoxy groups -OCH3 is 1. The Hall–Kier alpha value is -1.62. The number of carbonyl (C=O) groups excluding carboxylic acids is 1. The Balaban J connectivity index is 1.95. The smallest absolute Gasteiger partial charge is 0.224 e. The van der Waals surface area contributed by atoms with Gasteiger partial charge in [-0.2, -0.15) is 0 Å². The van der Waals surface area contributed by atoms with Gasteiger partial charge in [-0.3, -0.25) is 4.79 Å². The number of halogens is 1. The minimum atomic E-state index is -0.424. The Morgan fingerprint density at radius 2 is 2.39 bits per heavy atom. The molecule has 1 aliphatic rings. The molecular formula is C13H17FN2O2.